The van der Waals surface area contributed by atoms with Crippen LogP contribution in [0.15, 0.2) is 24.2 Å². The molecule has 2 N–H and O–H groups in total. The number of hydrazine groups is 1. The summed E-state index contributed by atoms with van der Waals surface area (Å²) in [4.78, 5) is 0. The number of nitrogens with zero attached hydrogens (tertiary/aromatic N) is 2. The number of nitriles is 1. The first-order chi connectivity index (χ1) is 7.51. The highest BCUT2D eigenvalue weighted by Crippen LogP contribution is 2.30. The molecule has 88 valence electrons. The van der Waals surface area contributed by atoms with E-state index < -0.39 is 0 Å². The average molecular weight is 332 g/mol. The van der Waals surface area contributed by atoms with Crippen LogP contribution >= 0.6 is 22.6 Å². The Labute approximate surface area is 110 Å². The van der Waals surface area contributed by atoms with Crippen molar-refractivity contribution in [1.29, 1.82) is 5.26 Å². The maximum absolute atomic E-state index is 8.69. The quantitative estimate of drug-likeness (QED) is 0.358. The Kier molecular flexibility index (Phi) is 4.62. The second-order valence-electron chi connectivity index (χ2n) is 4.17. The van der Waals surface area contributed by atoms with Crippen molar-refractivity contribution in [2.24, 2.45) is 5.41 Å². The highest BCUT2D eigenvalue weighted by atomic mass is 127. The normalized spacial score (nSPS) is 21.6. The third-order valence-electron chi connectivity index (χ3n) is 2.52. The fourth-order valence-corrected chi connectivity index (χ4v) is 2.05. The largest absolute Gasteiger partial charge is 0.363 e. The lowest BCUT2D eigenvalue weighted by Gasteiger charge is -2.27. The van der Waals surface area contributed by atoms with Crippen molar-refractivity contribution in [2.75, 3.05) is 7.05 Å². The summed E-state index contributed by atoms with van der Waals surface area (Å²) in [6.07, 6.45) is 6.58. The minimum Gasteiger partial charge on any atom is -0.363 e. The minimum absolute atomic E-state index is 0.0259. The zero-order valence-electron chi connectivity index (χ0n) is 9.79. The van der Waals surface area contributed by atoms with E-state index >= 15 is 0 Å². The number of alkyl halides is 1. The number of hydrogen-bond acceptors (Lipinski definition) is 4. The van der Waals surface area contributed by atoms with Crippen LogP contribution < -0.4 is 10.7 Å². The number of rotatable bonds is 4. The fraction of sp³-hybridized carbons (Fsp3) is 0.545. The maximum atomic E-state index is 8.69. The van der Waals surface area contributed by atoms with E-state index in [0.29, 0.717) is 6.42 Å². The topological polar surface area (TPSA) is 51.1 Å². The molecular weight excluding hydrogens is 315 g/mol. The molecule has 1 aliphatic heterocycles. The Balaban J connectivity index is 2.77. The zero-order valence-corrected chi connectivity index (χ0v) is 11.9. The molecule has 0 aromatic rings. The SMILES string of the molecule is CNN(/C=C1/NC=CC1(C)C)C(I)CC#N. The van der Waals surface area contributed by atoms with Gasteiger partial charge in [0.2, 0.25) is 0 Å². The molecule has 0 saturated heterocycles. The van der Waals surface area contributed by atoms with Crippen LogP contribution in [0, 0.1) is 16.7 Å². The lowest BCUT2D eigenvalue weighted by Crippen LogP contribution is -2.37. The van der Waals surface area contributed by atoms with Crippen LogP contribution in [0.3, 0.4) is 0 Å². The Morgan fingerprint density at radius 1 is 1.75 bits per heavy atom. The summed E-state index contributed by atoms with van der Waals surface area (Å²) in [7, 11) is 1.86. The summed E-state index contributed by atoms with van der Waals surface area (Å²) in [6, 6.07) is 2.17. The zero-order chi connectivity index (χ0) is 12.2. The van der Waals surface area contributed by atoms with Crippen molar-refractivity contribution >= 4 is 22.6 Å². The van der Waals surface area contributed by atoms with E-state index in [1.807, 2.05) is 24.5 Å². The van der Waals surface area contributed by atoms with E-state index in [-0.39, 0.29) is 9.46 Å². The summed E-state index contributed by atoms with van der Waals surface area (Å²) in [5, 5.41) is 13.9. The van der Waals surface area contributed by atoms with Gasteiger partial charge in [0.1, 0.15) is 4.05 Å². The van der Waals surface area contributed by atoms with Crippen LogP contribution in [0.25, 0.3) is 0 Å². The average Bonchev–Trinajstić information content (AvgIpc) is 2.54. The summed E-state index contributed by atoms with van der Waals surface area (Å²) < 4.78 is 0.123. The smallest absolute Gasteiger partial charge is 0.109 e. The van der Waals surface area contributed by atoms with Crippen molar-refractivity contribution in [3.8, 4) is 6.07 Å². The molecular formula is C11H17IN4. The van der Waals surface area contributed by atoms with E-state index in [4.69, 9.17) is 5.26 Å². The van der Waals surface area contributed by atoms with Gasteiger partial charge in [-0.2, -0.15) is 5.26 Å². The van der Waals surface area contributed by atoms with Gasteiger partial charge in [-0.15, -0.1) is 0 Å². The highest BCUT2D eigenvalue weighted by molar-refractivity contribution is 14.1. The second-order valence-corrected chi connectivity index (χ2v) is 5.61. The van der Waals surface area contributed by atoms with Crippen LogP contribution in [-0.4, -0.2) is 16.1 Å². The van der Waals surface area contributed by atoms with Crippen LogP contribution in [0.2, 0.25) is 0 Å². The number of hydrogen-bond donors (Lipinski definition) is 2. The molecule has 0 aliphatic carbocycles. The molecule has 0 fully saturated rings. The first kappa shape index (κ1) is 13.3. The molecule has 16 heavy (non-hydrogen) atoms. The Bertz CT molecular complexity index is 340. The van der Waals surface area contributed by atoms with E-state index in [2.05, 4.69) is 59.3 Å². The molecule has 0 bridgehead atoms. The van der Waals surface area contributed by atoms with E-state index in [1.54, 1.807) is 0 Å². The molecule has 0 aromatic heterocycles. The maximum Gasteiger partial charge on any atom is 0.109 e. The van der Waals surface area contributed by atoms with Gasteiger partial charge in [-0.1, -0.05) is 42.5 Å². The molecule has 1 rings (SSSR count). The molecule has 0 amide bonds. The van der Waals surface area contributed by atoms with Crippen LogP contribution in [0.1, 0.15) is 20.3 Å². The first-order valence-corrected chi connectivity index (χ1v) is 6.39. The number of halogens is 1. The standard InChI is InChI=1S/C11H17IN4/c1-11(2)5-7-15-9(11)8-16(14-3)10(12)4-6-13/h5,7-8,10,14-15H,4H2,1-3H3/b9-8+. The Morgan fingerprint density at radius 2 is 2.44 bits per heavy atom. The molecule has 1 unspecified atom stereocenters. The molecule has 5 heteroatoms. The predicted molar refractivity (Wildman–Crippen MR) is 73.1 cm³/mol. The third-order valence-corrected chi connectivity index (χ3v) is 3.56. The number of allylic oxidation sites excluding steroid dienone is 1. The van der Waals surface area contributed by atoms with Gasteiger partial charge in [0, 0.05) is 24.4 Å². The van der Waals surface area contributed by atoms with Crippen molar-refractivity contribution in [3.05, 3.63) is 24.2 Å². The first-order valence-electron chi connectivity index (χ1n) is 5.14. The molecule has 4 nitrogen and oxygen atoms in total. The third kappa shape index (κ3) is 3.12. The van der Waals surface area contributed by atoms with Crippen LogP contribution in [0.4, 0.5) is 0 Å². The van der Waals surface area contributed by atoms with Crippen molar-refractivity contribution in [1.82, 2.24) is 15.8 Å². The fourth-order valence-electron chi connectivity index (χ4n) is 1.42. The van der Waals surface area contributed by atoms with Gasteiger partial charge in [-0.25, -0.2) is 5.43 Å². The summed E-state index contributed by atoms with van der Waals surface area (Å²) in [5.41, 5.74) is 4.23. The van der Waals surface area contributed by atoms with Crippen LogP contribution in [-0.2, 0) is 0 Å². The Hall–Kier alpha value is -0.740. The molecule has 1 aliphatic rings. The lowest BCUT2D eigenvalue weighted by molar-refractivity contribution is 0.284. The Morgan fingerprint density at radius 3 is 2.88 bits per heavy atom. The van der Waals surface area contributed by atoms with Gasteiger partial charge in [0.05, 0.1) is 12.5 Å². The molecule has 1 atom stereocenters. The van der Waals surface area contributed by atoms with E-state index in [0.717, 1.165) is 5.70 Å². The summed E-state index contributed by atoms with van der Waals surface area (Å²) in [5.74, 6) is 0. The molecule has 0 spiro atoms. The second kappa shape index (κ2) is 5.55. The minimum atomic E-state index is 0.0259. The summed E-state index contributed by atoms with van der Waals surface area (Å²) in [6.45, 7) is 4.30. The summed E-state index contributed by atoms with van der Waals surface area (Å²) >= 11 is 2.25. The van der Waals surface area contributed by atoms with Crippen LogP contribution in [0.5, 0.6) is 0 Å². The molecule has 0 radical (unpaired) electrons. The van der Waals surface area contributed by atoms with Gasteiger partial charge < -0.3 is 10.3 Å². The van der Waals surface area contributed by atoms with Gasteiger partial charge in [0.25, 0.3) is 0 Å². The predicted octanol–water partition coefficient (Wildman–Crippen LogP) is 2.08. The van der Waals surface area contributed by atoms with Gasteiger partial charge in [-0.3, -0.25) is 0 Å². The molecule has 0 aromatic carbocycles. The molecule has 1 heterocycles. The van der Waals surface area contributed by atoms with Gasteiger partial charge in [-0.05, 0) is 6.20 Å². The van der Waals surface area contributed by atoms with Crippen molar-refractivity contribution in [3.63, 3.8) is 0 Å². The highest BCUT2D eigenvalue weighted by Gasteiger charge is 2.25. The van der Waals surface area contributed by atoms with Gasteiger partial charge >= 0.3 is 0 Å². The van der Waals surface area contributed by atoms with E-state index in [1.165, 1.54) is 0 Å². The lowest BCUT2D eigenvalue weighted by atomic mass is 9.92. The number of nitrogens with one attached hydrogen (secondary N) is 2. The van der Waals surface area contributed by atoms with Crippen molar-refractivity contribution < 1.29 is 0 Å². The van der Waals surface area contributed by atoms with Crippen molar-refractivity contribution in [2.45, 2.75) is 24.3 Å². The van der Waals surface area contributed by atoms with E-state index in [9.17, 15) is 0 Å². The monoisotopic (exact) mass is 332 g/mol. The molecule has 0 saturated carbocycles. The van der Waals surface area contributed by atoms with Gasteiger partial charge in [0.15, 0.2) is 0 Å².